The third-order valence-electron chi connectivity index (χ3n) is 6.31. The Bertz CT molecular complexity index is 1080. The number of esters is 1. The number of hydrogen-bond donors (Lipinski definition) is 0. The van der Waals surface area contributed by atoms with E-state index in [9.17, 15) is 22.8 Å². The fourth-order valence-electron chi connectivity index (χ4n) is 4.42. The average Bonchev–Trinajstić information content (AvgIpc) is 3.42. The van der Waals surface area contributed by atoms with Crippen LogP contribution in [0, 0.1) is 5.92 Å². The summed E-state index contributed by atoms with van der Waals surface area (Å²) in [7, 11) is 0. The highest BCUT2D eigenvalue weighted by Crippen LogP contribution is 2.33. The van der Waals surface area contributed by atoms with Gasteiger partial charge in [-0.1, -0.05) is 23.9 Å². The van der Waals surface area contributed by atoms with Gasteiger partial charge in [-0.25, -0.2) is 9.97 Å². The molecule has 1 amide bonds. The van der Waals surface area contributed by atoms with Crippen LogP contribution < -0.4 is 4.90 Å². The van der Waals surface area contributed by atoms with E-state index in [1.807, 2.05) is 4.90 Å². The second kappa shape index (κ2) is 11.5. The molecule has 36 heavy (non-hydrogen) atoms. The third-order valence-corrected chi connectivity index (χ3v) is 7.23. The molecule has 0 saturated carbocycles. The molecule has 4 rings (SSSR count). The lowest BCUT2D eigenvalue weighted by Gasteiger charge is -2.31. The molecule has 2 fully saturated rings. The lowest BCUT2D eigenvalue weighted by atomic mass is 9.97. The largest absolute Gasteiger partial charge is 0.466 e. The zero-order valence-electron chi connectivity index (χ0n) is 20.1. The molecule has 0 radical (unpaired) electrons. The van der Waals surface area contributed by atoms with E-state index in [4.69, 9.17) is 4.74 Å². The third kappa shape index (κ3) is 6.48. The Morgan fingerprint density at radius 2 is 1.81 bits per heavy atom. The SMILES string of the molecule is CCOC(=O)C1CCCN(C(=O)c2ccc(CSc3nc(N4CCCC4)cc(C(F)(F)F)n3)cc2)C1. The minimum atomic E-state index is -4.55. The van der Waals surface area contributed by atoms with Gasteiger partial charge >= 0.3 is 12.1 Å². The maximum Gasteiger partial charge on any atom is 0.433 e. The summed E-state index contributed by atoms with van der Waals surface area (Å²) >= 11 is 1.13. The van der Waals surface area contributed by atoms with Gasteiger partial charge in [-0.2, -0.15) is 13.2 Å². The van der Waals surface area contributed by atoms with Gasteiger partial charge in [0.25, 0.3) is 5.91 Å². The quantitative estimate of drug-likeness (QED) is 0.294. The lowest BCUT2D eigenvalue weighted by molar-refractivity contribution is -0.149. The van der Waals surface area contributed by atoms with Crippen molar-refractivity contribution in [3.63, 3.8) is 0 Å². The zero-order chi connectivity index (χ0) is 25.7. The second-order valence-electron chi connectivity index (χ2n) is 8.91. The Morgan fingerprint density at radius 1 is 1.08 bits per heavy atom. The number of rotatable bonds is 7. The predicted molar refractivity (Wildman–Crippen MR) is 130 cm³/mol. The molecule has 2 aliphatic heterocycles. The zero-order valence-corrected chi connectivity index (χ0v) is 20.9. The molecule has 2 aliphatic rings. The van der Waals surface area contributed by atoms with Crippen LogP contribution in [-0.4, -0.2) is 59.5 Å². The lowest BCUT2D eigenvalue weighted by Crippen LogP contribution is -2.42. The highest BCUT2D eigenvalue weighted by Gasteiger charge is 2.34. The van der Waals surface area contributed by atoms with Crippen LogP contribution in [0.25, 0.3) is 0 Å². The Kier molecular flexibility index (Phi) is 8.38. The number of benzene rings is 1. The van der Waals surface area contributed by atoms with Gasteiger partial charge in [-0.05, 0) is 50.3 Å². The summed E-state index contributed by atoms with van der Waals surface area (Å²) in [5, 5.41) is 0.0743. The fourth-order valence-corrected chi connectivity index (χ4v) is 5.23. The monoisotopic (exact) mass is 522 g/mol. The van der Waals surface area contributed by atoms with Crippen LogP contribution in [0.5, 0.6) is 0 Å². The van der Waals surface area contributed by atoms with Crippen molar-refractivity contribution in [3.05, 3.63) is 47.2 Å². The first kappa shape index (κ1) is 26.2. The van der Waals surface area contributed by atoms with Gasteiger partial charge < -0.3 is 14.5 Å². The highest BCUT2D eigenvalue weighted by atomic mass is 32.2. The maximum atomic E-state index is 13.4. The van der Waals surface area contributed by atoms with Crippen LogP contribution in [0.2, 0.25) is 0 Å². The summed E-state index contributed by atoms with van der Waals surface area (Å²) in [6.07, 6.45) is -1.24. The van der Waals surface area contributed by atoms with Gasteiger partial charge in [0, 0.05) is 43.6 Å². The summed E-state index contributed by atoms with van der Waals surface area (Å²) in [5.41, 5.74) is 0.397. The summed E-state index contributed by atoms with van der Waals surface area (Å²) in [6.45, 7) is 4.36. The van der Waals surface area contributed by atoms with Crippen molar-refractivity contribution in [3.8, 4) is 0 Å². The molecule has 2 saturated heterocycles. The number of halogens is 3. The van der Waals surface area contributed by atoms with Crippen LogP contribution in [0.3, 0.4) is 0 Å². The summed E-state index contributed by atoms with van der Waals surface area (Å²) in [5.74, 6) is -0.0620. The number of thioether (sulfide) groups is 1. The molecule has 11 heteroatoms. The van der Waals surface area contributed by atoms with E-state index in [1.54, 1.807) is 36.1 Å². The number of aromatic nitrogens is 2. The molecule has 0 bridgehead atoms. The summed E-state index contributed by atoms with van der Waals surface area (Å²) in [6, 6.07) is 7.98. The van der Waals surface area contributed by atoms with E-state index in [0.29, 0.717) is 56.3 Å². The van der Waals surface area contributed by atoms with Gasteiger partial charge in [0.15, 0.2) is 10.9 Å². The van der Waals surface area contributed by atoms with Gasteiger partial charge in [-0.15, -0.1) is 0 Å². The van der Waals surface area contributed by atoms with E-state index in [1.165, 1.54) is 0 Å². The molecule has 1 atom stereocenters. The predicted octanol–water partition coefficient (Wildman–Crippen LogP) is 4.80. The van der Waals surface area contributed by atoms with Gasteiger partial charge in [0.2, 0.25) is 0 Å². The molecule has 194 valence electrons. The normalized spacial score (nSPS) is 18.4. The standard InChI is InChI=1S/C25H29F3N4O3S/c1-2-35-23(34)19-6-5-13-32(15-19)22(33)18-9-7-17(8-10-18)16-36-24-29-20(25(26,27)28)14-21(30-24)31-11-3-4-12-31/h7-10,14,19H,2-6,11-13,15-16H2,1H3. The number of likely N-dealkylation sites (tertiary alicyclic amines) is 1. The van der Waals surface area contributed by atoms with Crippen molar-refractivity contribution in [2.45, 2.75) is 49.7 Å². The molecular weight excluding hydrogens is 493 g/mol. The number of carbonyl (C=O) groups is 2. The fraction of sp³-hybridized carbons (Fsp3) is 0.520. The first-order chi connectivity index (χ1) is 17.2. The van der Waals surface area contributed by atoms with Crippen LogP contribution in [0.1, 0.15) is 54.2 Å². The van der Waals surface area contributed by atoms with Crippen molar-refractivity contribution in [1.82, 2.24) is 14.9 Å². The number of ether oxygens (including phenoxy) is 1. The molecule has 0 aliphatic carbocycles. The number of amides is 1. The number of anilines is 1. The second-order valence-corrected chi connectivity index (χ2v) is 9.86. The number of alkyl halides is 3. The molecule has 0 N–H and O–H groups in total. The molecule has 7 nitrogen and oxygen atoms in total. The smallest absolute Gasteiger partial charge is 0.433 e. The minimum Gasteiger partial charge on any atom is -0.466 e. The average molecular weight is 523 g/mol. The number of hydrogen-bond acceptors (Lipinski definition) is 7. The minimum absolute atomic E-state index is 0.0743. The Morgan fingerprint density at radius 3 is 2.47 bits per heavy atom. The van der Waals surface area contributed by atoms with Crippen molar-refractivity contribution in [2.24, 2.45) is 5.92 Å². The van der Waals surface area contributed by atoms with Crippen LogP contribution >= 0.6 is 11.8 Å². The van der Waals surface area contributed by atoms with E-state index in [-0.39, 0.29) is 23.0 Å². The Labute approximate surface area is 212 Å². The first-order valence-corrected chi connectivity index (χ1v) is 13.1. The molecule has 2 aromatic rings. The topological polar surface area (TPSA) is 75.6 Å². The van der Waals surface area contributed by atoms with E-state index in [0.717, 1.165) is 42.7 Å². The van der Waals surface area contributed by atoms with Gasteiger partial charge in [-0.3, -0.25) is 9.59 Å². The molecule has 0 spiro atoms. The highest BCUT2D eigenvalue weighted by molar-refractivity contribution is 7.98. The Balaban J connectivity index is 1.40. The van der Waals surface area contributed by atoms with E-state index >= 15 is 0 Å². The van der Waals surface area contributed by atoms with Gasteiger partial charge in [0.05, 0.1) is 12.5 Å². The van der Waals surface area contributed by atoms with Crippen LogP contribution in [0.4, 0.5) is 19.0 Å². The van der Waals surface area contributed by atoms with Crippen molar-refractivity contribution >= 4 is 29.5 Å². The van der Waals surface area contributed by atoms with Crippen LogP contribution in [0.15, 0.2) is 35.5 Å². The molecular formula is C25H29F3N4O3S. The molecule has 1 aromatic carbocycles. The van der Waals surface area contributed by atoms with Gasteiger partial charge in [0.1, 0.15) is 5.82 Å². The Hall–Kier alpha value is -2.82. The summed E-state index contributed by atoms with van der Waals surface area (Å²) < 4.78 is 45.3. The van der Waals surface area contributed by atoms with Crippen molar-refractivity contribution < 1.29 is 27.5 Å². The number of carbonyl (C=O) groups excluding carboxylic acids is 2. The van der Waals surface area contributed by atoms with Crippen molar-refractivity contribution in [1.29, 1.82) is 0 Å². The van der Waals surface area contributed by atoms with Crippen LogP contribution in [-0.2, 0) is 21.5 Å². The number of nitrogens with zero attached hydrogens (tertiary/aromatic N) is 4. The van der Waals surface area contributed by atoms with E-state index < -0.39 is 11.9 Å². The summed E-state index contributed by atoms with van der Waals surface area (Å²) in [4.78, 5) is 36.6. The maximum absolute atomic E-state index is 13.4. The van der Waals surface area contributed by atoms with Crippen molar-refractivity contribution in [2.75, 3.05) is 37.7 Å². The van der Waals surface area contributed by atoms with E-state index in [2.05, 4.69) is 9.97 Å². The molecule has 3 heterocycles. The first-order valence-electron chi connectivity index (χ1n) is 12.1. The molecule has 1 aromatic heterocycles. The number of piperidine rings is 1. The molecule has 1 unspecified atom stereocenters.